The third-order valence-corrected chi connectivity index (χ3v) is 3.65. The lowest BCUT2D eigenvalue weighted by Crippen LogP contribution is -2.45. The molecular formula is C15H15BNO6-. The average molecular weight is 316 g/mol. The lowest BCUT2D eigenvalue weighted by atomic mass is 9.70. The van der Waals surface area contributed by atoms with Crippen molar-refractivity contribution in [3.63, 3.8) is 0 Å². The number of aryl methyl sites for hydroxylation is 1. The van der Waals surface area contributed by atoms with Gasteiger partial charge in [-0.15, -0.1) is 0 Å². The molecule has 0 radical (unpaired) electrons. The van der Waals surface area contributed by atoms with Gasteiger partial charge < -0.3 is 24.5 Å². The van der Waals surface area contributed by atoms with Gasteiger partial charge in [-0.2, -0.15) is 0 Å². The second-order valence-electron chi connectivity index (χ2n) is 5.39. The summed E-state index contributed by atoms with van der Waals surface area (Å²) in [6, 6.07) is 6.74. The van der Waals surface area contributed by atoms with E-state index in [-0.39, 0.29) is 30.0 Å². The van der Waals surface area contributed by atoms with Gasteiger partial charge in [-0.1, -0.05) is 12.4 Å². The third kappa shape index (κ3) is 3.28. The number of fused-ring (bicyclic) bond motifs is 1. The number of hydrogen-bond acceptors (Lipinski definition) is 6. The van der Waals surface area contributed by atoms with Crippen LogP contribution in [0, 0.1) is 0 Å². The van der Waals surface area contributed by atoms with Gasteiger partial charge in [0.1, 0.15) is 17.9 Å². The van der Waals surface area contributed by atoms with Gasteiger partial charge in [-0.25, -0.2) is 4.79 Å². The molecule has 0 fully saturated rings. The predicted octanol–water partition coefficient (Wildman–Crippen LogP) is 1.22. The molecule has 0 amide bonds. The van der Waals surface area contributed by atoms with Crippen LogP contribution in [0.25, 0.3) is 0 Å². The quantitative estimate of drug-likeness (QED) is 0.728. The highest BCUT2D eigenvalue weighted by Crippen LogP contribution is 2.38. The molecule has 0 unspecified atom stereocenters. The first-order valence-electron chi connectivity index (χ1n) is 7.16. The second-order valence-corrected chi connectivity index (χ2v) is 5.39. The van der Waals surface area contributed by atoms with Gasteiger partial charge >= 0.3 is 12.7 Å². The fourth-order valence-corrected chi connectivity index (χ4v) is 2.49. The molecule has 1 aromatic carbocycles. The van der Waals surface area contributed by atoms with Crippen molar-refractivity contribution < 1.29 is 29.3 Å². The number of rotatable bonds is 4. The zero-order valence-corrected chi connectivity index (χ0v) is 12.2. The van der Waals surface area contributed by atoms with E-state index in [1.807, 2.05) is 0 Å². The zero-order valence-electron chi connectivity index (χ0n) is 12.2. The number of carbonyl (C=O) groups is 1. The van der Waals surface area contributed by atoms with Crippen molar-refractivity contribution in [3.05, 3.63) is 53.3 Å². The largest absolute Gasteiger partial charge is 0.669 e. The van der Waals surface area contributed by atoms with Crippen LogP contribution >= 0.6 is 0 Å². The second kappa shape index (κ2) is 5.90. The SMILES string of the molecule is O=C(O)c1c(OCc2ccncc2)ccc2c1O[B-](O)(O)CC2. The lowest BCUT2D eigenvalue weighted by Gasteiger charge is -2.37. The van der Waals surface area contributed by atoms with Crippen LogP contribution in [-0.2, 0) is 13.0 Å². The Morgan fingerprint density at radius 1 is 1.26 bits per heavy atom. The first kappa shape index (κ1) is 15.3. The minimum Gasteiger partial charge on any atom is -0.669 e. The lowest BCUT2D eigenvalue weighted by molar-refractivity contribution is 0.0688. The molecule has 2 aromatic rings. The molecule has 23 heavy (non-hydrogen) atoms. The molecule has 0 bridgehead atoms. The summed E-state index contributed by atoms with van der Waals surface area (Å²) in [4.78, 5) is 15.5. The highest BCUT2D eigenvalue weighted by molar-refractivity contribution is 6.59. The molecule has 1 aliphatic heterocycles. The van der Waals surface area contributed by atoms with Crippen molar-refractivity contribution in [1.82, 2.24) is 4.98 Å². The fourth-order valence-electron chi connectivity index (χ4n) is 2.49. The van der Waals surface area contributed by atoms with E-state index >= 15 is 0 Å². The third-order valence-electron chi connectivity index (χ3n) is 3.65. The van der Waals surface area contributed by atoms with Crippen LogP contribution in [-0.4, -0.2) is 32.9 Å². The molecule has 3 rings (SSSR count). The molecule has 0 aliphatic carbocycles. The van der Waals surface area contributed by atoms with E-state index in [1.165, 1.54) is 0 Å². The number of hydrogen-bond donors (Lipinski definition) is 3. The van der Waals surface area contributed by atoms with Crippen molar-refractivity contribution in [2.45, 2.75) is 19.3 Å². The normalized spacial score (nSPS) is 15.4. The predicted molar refractivity (Wildman–Crippen MR) is 81.3 cm³/mol. The minimum atomic E-state index is -3.04. The van der Waals surface area contributed by atoms with E-state index in [2.05, 4.69) is 4.98 Å². The van der Waals surface area contributed by atoms with E-state index < -0.39 is 12.7 Å². The van der Waals surface area contributed by atoms with Crippen LogP contribution in [0.15, 0.2) is 36.7 Å². The van der Waals surface area contributed by atoms with Gasteiger partial charge in [0.2, 0.25) is 0 Å². The molecule has 0 spiro atoms. The maximum atomic E-state index is 11.6. The smallest absolute Gasteiger partial charge is 0.430 e. The van der Waals surface area contributed by atoms with Crippen molar-refractivity contribution in [1.29, 1.82) is 0 Å². The van der Waals surface area contributed by atoms with E-state index in [0.29, 0.717) is 12.0 Å². The van der Waals surface area contributed by atoms with Crippen molar-refractivity contribution in [2.75, 3.05) is 0 Å². The Morgan fingerprint density at radius 3 is 2.70 bits per heavy atom. The average Bonchev–Trinajstić information content (AvgIpc) is 2.52. The van der Waals surface area contributed by atoms with Gasteiger partial charge in [0.15, 0.2) is 0 Å². The Labute approximate surface area is 132 Å². The Bertz CT molecular complexity index is 734. The van der Waals surface area contributed by atoms with E-state index in [9.17, 15) is 19.9 Å². The van der Waals surface area contributed by atoms with Crippen LogP contribution in [0.3, 0.4) is 0 Å². The standard InChI is InChI=1S/C15H15BNO6/c18-15(19)13-12(22-9-10-4-7-17-8-5-10)2-1-11-3-6-16(20,21)23-14(11)13/h1-2,4-5,7-8,20-21H,3,6,9H2,(H,18,19)/q-1. The summed E-state index contributed by atoms with van der Waals surface area (Å²) >= 11 is 0. The van der Waals surface area contributed by atoms with Crippen LogP contribution in [0.5, 0.6) is 11.5 Å². The highest BCUT2D eigenvalue weighted by atomic mass is 16.6. The van der Waals surface area contributed by atoms with Crippen LogP contribution in [0.4, 0.5) is 0 Å². The van der Waals surface area contributed by atoms with Crippen LogP contribution in [0.1, 0.15) is 21.5 Å². The molecule has 2 heterocycles. The van der Waals surface area contributed by atoms with Gasteiger partial charge in [0.25, 0.3) is 0 Å². The molecule has 120 valence electrons. The summed E-state index contributed by atoms with van der Waals surface area (Å²) in [5.41, 5.74) is 1.24. The van der Waals surface area contributed by atoms with Crippen molar-refractivity contribution in [2.24, 2.45) is 0 Å². The molecule has 1 aromatic heterocycles. The first-order valence-corrected chi connectivity index (χ1v) is 7.16. The van der Waals surface area contributed by atoms with Crippen LogP contribution < -0.4 is 9.39 Å². The zero-order chi connectivity index (χ0) is 16.4. The number of aromatic carboxylic acids is 1. The number of carboxylic acids is 1. The minimum absolute atomic E-state index is 0.0310. The topological polar surface area (TPSA) is 109 Å². The Hall–Kier alpha value is -2.58. The summed E-state index contributed by atoms with van der Waals surface area (Å²) in [5.74, 6) is -1.18. The van der Waals surface area contributed by atoms with Crippen LogP contribution in [0.2, 0.25) is 6.32 Å². The van der Waals surface area contributed by atoms with Crippen molar-refractivity contribution in [3.8, 4) is 11.5 Å². The maximum absolute atomic E-state index is 11.6. The number of aromatic nitrogens is 1. The summed E-state index contributed by atoms with van der Waals surface area (Å²) < 4.78 is 10.7. The summed E-state index contributed by atoms with van der Waals surface area (Å²) in [7, 11) is 0. The van der Waals surface area contributed by atoms with Crippen molar-refractivity contribution >= 4 is 12.7 Å². The van der Waals surface area contributed by atoms with Gasteiger partial charge in [0, 0.05) is 12.4 Å². The molecule has 1 aliphatic rings. The molecule has 8 heteroatoms. The highest BCUT2D eigenvalue weighted by Gasteiger charge is 2.32. The summed E-state index contributed by atoms with van der Waals surface area (Å²) in [6.07, 6.45) is 3.58. The monoisotopic (exact) mass is 316 g/mol. The number of ether oxygens (including phenoxy) is 1. The first-order chi connectivity index (χ1) is 11.0. The molecule has 3 N–H and O–H groups in total. The number of benzene rings is 1. The van der Waals surface area contributed by atoms with Gasteiger partial charge in [-0.05, 0) is 35.7 Å². The summed E-state index contributed by atoms with van der Waals surface area (Å²) in [6.45, 7) is -2.88. The molecule has 0 atom stereocenters. The fraction of sp³-hybridized carbons (Fsp3) is 0.200. The molecular weight excluding hydrogens is 301 g/mol. The molecule has 0 saturated heterocycles. The molecule has 0 saturated carbocycles. The van der Waals surface area contributed by atoms with Gasteiger partial charge in [0.05, 0.1) is 5.75 Å². The Kier molecular flexibility index (Phi) is 3.93. The van der Waals surface area contributed by atoms with E-state index in [0.717, 1.165) is 5.56 Å². The Balaban J connectivity index is 1.93. The Morgan fingerprint density at radius 2 is 2.00 bits per heavy atom. The summed E-state index contributed by atoms with van der Waals surface area (Å²) in [5, 5.41) is 28.8. The van der Waals surface area contributed by atoms with E-state index in [1.54, 1.807) is 36.7 Å². The van der Waals surface area contributed by atoms with Gasteiger partial charge in [-0.3, -0.25) is 4.98 Å². The number of pyridine rings is 1. The maximum Gasteiger partial charge on any atom is 0.430 e. The number of nitrogens with zero attached hydrogens (tertiary/aromatic N) is 1. The van der Waals surface area contributed by atoms with E-state index in [4.69, 9.17) is 9.39 Å². The number of carboxylic acid groups (broad SMARTS) is 1. The molecule has 7 nitrogen and oxygen atoms in total.